The Morgan fingerprint density at radius 1 is 1.03 bits per heavy atom. The molecule has 6 nitrogen and oxygen atoms in total. The maximum absolute atomic E-state index is 13.8. The van der Waals surface area contributed by atoms with E-state index in [4.69, 9.17) is 4.74 Å². The molecule has 30 heavy (non-hydrogen) atoms. The lowest BCUT2D eigenvalue weighted by Crippen LogP contribution is -2.27. The number of aromatic nitrogens is 2. The highest BCUT2D eigenvalue weighted by Gasteiger charge is 2.06. The Morgan fingerprint density at radius 2 is 1.73 bits per heavy atom. The van der Waals surface area contributed by atoms with Gasteiger partial charge in [0.1, 0.15) is 18.2 Å². The molecule has 0 saturated carbocycles. The highest BCUT2D eigenvalue weighted by atomic mass is 19.1. The van der Waals surface area contributed by atoms with E-state index in [-0.39, 0.29) is 5.56 Å². The zero-order chi connectivity index (χ0) is 21.3. The van der Waals surface area contributed by atoms with Gasteiger partial charge in [0.05, 0.1) is 5.56 Å². The van der Waals surface area contributed by atoms with Gasteiger partial charge in [0.25, 0.3) is 0 Å². The van der Waals surface area contributed by atoms with Crippen LogP contribution in [-0.4, -0.2) is 47.4 Å². The van der Waals surface area contributed by atoms with Crippen LogP contribution in [0.15, 0.2) is 54.9 Å². The molecule has 156 valence electrons. The van der Waals surface area contributed by atoms with Crippen LogP contribution < -0.4 is 10.1 Å². The first-order valence-corrected chi connectivity index (χ1v) is 9.92. The molecule has 0 aliphatic heterocycles. The normalized spacial score (nSPS) is 10.8. The summed E-state index contributed by atoms with van der Waals surface area (Å²) in [7, 11) is 0. The molecule has 0 atom stereocenters. The Morgan fingerprint density at radius 3 is 2.33 bits per heavy atom. The van der Waals surface area contributed by atoms with E-state index < -0.39 is 5.82 Å². The number of nitrogens with one attached hydrogen (secondary N) is 1. The second-order valence-electron chi connectivity index (χ2n) is 6.67. The molecular formula is C23H25FN4O2. The minimum absolute atomic E-state index is 0.0263. The van der Waals surface area contributed by atoms with E-state index in [0.29, 0.717) is 30.0 Å². The maximum atomic E-state index is 13.8. The molecule has 0 bridgehead atoms. The van der Waals surface area contributed by atoms with Crippen LogP contribution in [0.25, 0.3) is 11.1 Å². The van der Waals surface area contributed by atoms with Crippen LogP contribution in [0.3, 0.4) is 0 Å². The van der Waals surface area contributed by atoms with Crippen LogP contribution in [0.2, 0.25) is 0 Å². The predicted molar refractivity (Wildman–Crippen MR) is 116 cm³/mol. The number of halogens is 1. The fourth-order valence-corrected chi connectivity index (χ4v) is 2.94. The molecule has 3 aromatic rings. The summed E-state index contributed by atoms with van der Waals surface area (Å²) in [5, 5.41) is 3.13. The van der Waals surface area contributed by atoms with Crippen LogP contribution in [0.1, 0.15) is 24.2 Å². The Kier molecular flexibility index (Phi) is 7.45. The monoisotopic (exact) mass is 408 g/mol. The van der Waals surface area contributed by atoms with Crippen LogP contribution in [-0.2, 0) is 0 Å². The third-order valence-electron chi connectivity index (χ3n) is 4.79. The molecular weight excluding hydrogens is 383 g/mol. The number of carbonyl (C=O) groups excluding carboxylic acids is 1. The number of aldehydes is 1. The van der Waals surface area contributed by atoms with Gasteiger partial charge in [-0.1, -0.05) is 19.9 Å². The summed E-state index contributed by atoms with van der Waals surface area (Å²) in [6, 6.07) is 12.0. The molecule has 3 rings (SSSR count). The summed E-state index contributed by atoms with van der Waals surface area (Å²) in [6.07, 6.45) is 3.70. The van der Waals surface area contributed by atoms with E-state index in [2.05, 4.69) is 34.0 Å². The molecule has 0 aliphatic rings. The molecule has 0 spiro atoms. The first-order valence-electron chi connectivity index (χ1n) is 9.92. The Bertz CT molecular complexity index is 958. The van der Waals surface area contributed by atoms with Crippen molar-refractivity contribution in [3.63, 3.8) is 0 Å². The molecule has 0 amide bonds. The molecule has 0 radical (unpaired) electrons. The molecule has 0 aliphatic carbocycles. The summed E-state index contributed by atoms with van der Waals surface area (Å²) < 4.78 is 19.6. The Labute approximate surface area is 175 Å². The van der Waals surface area contributed by atoms with Crippen molar-refractivity contribution < 1.29 is 13.9 Å². The first-order chi connectivity index (χ1) is 14.6. The van der Waals surface area contributed by atoms with Gasteiger partial charge in [0.15, 0.2) is 6.29 Å². The summed E-state index contributed by atoms with van der Waals surface area (Å²) in [6.45, 7) is 7.85. The lowest BCUT2D eigenvalue weighted by molar-refractivity contribution is 0.112. The Balaban J connectivity index is 1.57. The average molecular weight is 408 g/mol. The number of rotatable bonds is 10. The molecule has 1 N–H and O–H groups in total. The topological polar surface area (TPSA) is 67.3 Å². The largest absolute Gasteiger partial charge is 0.492 e. The zero-order valence-electron chi connectivity index (χ0n) is 17.1. The molecule has 0 fully saturated rings. The van der Waals surface area contributed by atoms with Crippen molar-refractivity contribution in [3.05, 3.63) is 66.2 Å². The smallest absolute Gasteiger partial charge is 0.227 e. The second-order valence-corrected chi connectivity index (χ2v) is 6.67. The van der Waals surface area contributed by atoms with Crippen molar-refractivity contribution in [1.82, 2.24) is 14.9 Å². The van der Waals surface area contributed by atoms with Gasteiger partial charge in [-0.25, -0.2) is 14.4 Å². The highest BCUT2D eigenvalue weighted by Crippen LogP contribution is 2.22. The molecule has 1 aromatic heterocycles. The number of anilines is 2. The van der Waals surface area contributed by atoms with Gasteiger partial charge in [-0.15, -0.1) is 0 Å². The number of ether oxygens (including phenoxy) is 1. The fraction of sp³-hybridized carbons (Fsp3) is 0.261. The van der Waals surface area contributed by atoms with Crippen molar-refractivity contribution in [2.75, 3.05) is 31.6 Å². The number of hydrogen-bond donors (Lipinski definition) is 1. The number of carbonyl (C=O) groups is 1. The summed E-state index contributed by atoms with van der Waals surface area (Å²) in [4.78, 5) is 21.6. The average Bonchev–Trinajstić information content (AvgIpc) is 2.78. The maximum Gasteiger partial charge on any atom is 0.227 e. The molecule has 7 heteroatoms. The van der Waals surface area contributed by atoms with Gasteiger partial charge in [-0.2, -0.15) is 0 Å². The SMILES string of the molecule is CCN(CC)CCOc1ccc(Nc2ncc(-c3ccc(C=O)c(F)c3)cn2)cc1. The number of likely N-dealkylation sites (N-methyl/N-ethyl adjacent to an activating group) is 1. The fourth-order valence-electron chi connectivity index (χ4n) is 2.94. The van der Waals surface area contributed by atoms with E-state index in [1.165, 1.54) is 12.1 Å². The third kappa shape index (κ3) is 5.61. The molecule has 1 heterocycles. The van der Waals surface area contributed by atoms with Gasteiger partial charge in [-0.05, 0) is 55.1 Å². The summed E-state index contributed by atoms with van der Waals surface area (Å²) in [5.41, 5.74) is 2.13. The van der Waals surface area contributed by atoms with E-state index >= 15 is 0 Å². The van der Waals surface area contributed by atoms with E-state index in [1.807, 2.05) is 24.3 Å². The van der Waals surface area contributed by atoms with E-state index in [0.717, 1.165) is 31.1 Å². The van der Waals surface area contributed by atoms with Crippen molar-refractivity contribution in [1.29, 1.82) is 0 Å². The Hall–Kier alpha value is -3.32. The van der Waals surface area contributed by atoms with Gasteiger partial charge >= 0.3 is 0 Å². The minimum Gasteiger partial charge on any atom is -0.492 e. The van der Waals surface area contributed by atoms with E-state index in [9.17, 15) is 9.18 Å². The van der Waals surface area contributed by atoms with Crippen LogP contribution in [0.4, 0.5) is 16.0 Å². The number of hydrogen-bond acceptors (Lipinski definition) is 6. The number of nitrogens with zero attached hydrogens (tertiary/aromatic N) is 3. The van der Waals surface area contributed by atoms with E-state index in [1.54, 1.807) is 18.5 Å². The third-order valence-corrected chi connectivity index (χ3v) is 4.79. The highest BCUT2D eigenvalue weighted by molar-refractivity contribution is 5.77. The second kappa shape index (κ2) is 10.5. The van der Waals surface area contributed by atoms with Gasteiger partial charge < -0.3 is 15.0 Å². The summed E-state index contributed by atoms with van der Waals surface area (Å²) >= 11 is 0. The van der Waals surface area contributed by atoms with Crippen LogP contribution >= 0.6 is 0 Å². The van der Waals surface area contributed by atoms with Gasteiger partial charge in [-0.3, -0.25) is 4.79 Å². The zero-order valence-corrected chi connectivity index (χ0v) is 17.1. The summed E-state index contributed by atoms with van der Waals surface area (Å²) in [5.74, 6) is 0.674. The molecule has 0 saturated heterocycles. The molecule has 0 unspecified atom stereocenters. The molecule has 2 aromatic carbocycles. The number of benzene rings is 2. The standard InChI is InChI=1S/C23H25FN4O2/c1-3-28(4-2)11-12-30-21-9-7-20(8-10-21)27-23-25-14-19(15-26-23)17-5-6-18(16-29)22(24)13-17/h5-10,13-16H,3-4,11-12H2,1-2H3,(H,25,26,27). The van der Waals surface area contributed by atoms with Crippen molar-refractivity contribution in [2.45, 2.75) is 13.8 Å². The van der Waals surface area contributed by atoms with Crippen LogP contribution in [0.5, 0.6) is 5.75 Å². The lowest BCUT2D eigenvalue weighted by atomic mass is 10.1. The van der Waals surface area contributed by atoms with Gasteiger partial charge in [0.2, 0.25) is 5.95 Å². The quantitative estimate of drug-likeness (QED) is 0.496. The van der Waals surface area contributed by atoms with Crippen molar-refractivity contribution in [2.24, 2.45) is 0 Å². The van der Waals surface area contributed by atoms with Crippen LogP contribution in [0, 0.1) is 5.82 Å². The lowest BCUT2D eigenvalue weighted by Gasteiger charge is -2.18. The minimum atomic E-state index is -0.566. The predicted octanol–water partition coefficient (Wildman–Crippen LogP) is 4.56. The van der Waals surface area contributed by atoms with Gasteiger partial charge in [0, 0.05) is 30.2 Å². The van der Waals surface area contributed by atoms with Crippen molar-refractivity contribution >= 4 is 17.9 Å². The first kappa shape index (κ1) is 21.4. The van der Waals surface area contributed by atoms with Crippen molar-refractivity contribution in [3.8, 4) is 16.9 Å².